The first-order chi connectivity index (χ1) is 8.72. The summed E-state index contributed by atoms with van der Waals surface area (Å²) in [6.45, 7) is 0. The molecule has 90 valence electrons. The van der Waals surface area contributed by atoms with Gasteiger partial charge in [-0.15, -0.1) is 0 Å². The Bertz CT molecular complexity index is 686. The van der Waals surface area contributed by atoms with Crippen LogP contribution in [0.5, 0.6) is 0 Å². The number of aromatic nitrogens is 2. The molecular weight excluding hydrogens is 229 g/mol. The lowest BCUT2D eigenvalue weighted by Gasteiger charge is -1.97. The molecule has 0 amide bonds. The highest BCUT2D eigenvalue weighted by atomic mass is 19.1. The van der Waals surface area contributed by atoms with E-state index in [4.69, 9.17) is 5.73 Å². The van der Waals surface area contributed by atoms with Crippen LogP contribution in [0.3, 0.4) is 0 Å². The summed E-state index contributed by atoms with van der Waals surface area (Å²) in [5.74, 6) is 0.599. The minimum atomic E-state index is -0.229. The highest BCUT2D eigenvalue weighted by Gasteiger charge is 2.05. The lowest BCUT2D eigenvalue weighted by Crippen LogP contribution is -1.91. The Kier molecular flexibility index (Phi) is 2.48. The molecule has 0 unspecified atom stereocenters. The predicted molar refractivity (Wildman–Crippen MR) is 69.7 cm³/mol. The van der Waals surface area contributed by atoms with Crippen molar-refractivity contribution in [2.24, 2.45) is 0 Å². The minimum absolute atomic E-state index is 0.229. The van der Waals surface area contributed by atoms with Crippen molar-refractivity contribution >= 4 is 16.7 Å². The first-order valence-electron chi connectivity index (χ1n) is 5.70. The second kappa shape index (κ2) is 4.14. The third-order valence-corrected chi connectivity index (χ3v) is 2.88. The van der Waals surface area contributed by atoms with Crippen LogP contribution < -0.4 is 5.73 Å². The van der Waals surface area contributed by atoms with E-state index in [1.165, 1.54) is 12.1 Å². The molecule has 2 aromatic carbocycles. The molecule has 0 aliphatic carbocycles. The molecule has 3 aromatic rings. The zero-order valence-electron chi connectivity index (χ0n) is 9.65. The van der Waals surface area contributed by atoms with Crippen molar-refractivity contribution in [3.05, 3.63) is 59.7 Å². The van der Waals surface area contributed by atoms with Gasteiger partial charge in [-0.2, -0.15) is 0 Å². The Balaban J connectivity index is 1.95. The van der Waals surface area contributed by atoms with Crippen LogP contribution in [-0.2, 0) is 6.42 Å². The first kappa shape index (κ1) is 10.8. The molecule has 18 heavy (non-hydrogen) atoms. The van der Waals surface area contributed by atoms with Crippen molar-refractivity contribution in [2.75, 3.05) is 5.73 Å². The van der Waals surface area contributed by atoms with Gasteiger partial charge in [-0.3, -0.25) is 0 Å². The monoisotopic (exact) mass is 241 g/mol. The minimum Gasteiger partial charge on any atom is -0.397 e. The fourth-order valence-corrected chi connectivity index (χ4v) is 1.98. The number of imidazole rings is 1. The number of benzene rings is 2. The molecule has 0 fully saturated rings. The summed E-state index contributed by atoms with van der Waals surface area (Å²) in [5, 5.41) is 0. The Hall–Kier alpha value is -2.36. The van der Waals surface area contributed by atoms with E-state index in [9.17, 15) is 4.39 Å². The van der Waals surface area contributed by atoms with E-state index >= 15 is 0 Å². The molecule has 3 N–H and O–H groups in total. The van der Waals surface area contributed by atoms with Crippen LogP contribution >= 0.6 is 0 Å². The van der Waals surface area contributed by atoms with Gasteiger partial charge in [0.2, 0.25) is 0 Å². The van der Waals surface area contributed by atoms with Crippen molar-refractivity contribution in [3.8, 4) is 0 Å². The van der Waals surface area contributed by atoms with Crippen molar-refractivity contribution in [1.82, 2.24) is 9.97 Å². The number of rotatable bonds is 2. The first-order valence-corrected chi connectivity index (χ1v) is 5.70. The second-order valence-electron chi connectivity index (χ2n) is 4.23. The maximum atomic E-state index is 12.8. The standard InChI is InChI=1S/C14H12FN3/c15-10-6-4-9(5-7-10)8-13-17-12-3-1-2-11(16)14(12)18-13/h1-7H,8,16H2,(H,17,18). The fraction of sp³-hybridized carbons (Fsp3) is 0.0714. The van der Waals surface area contributed by atoms with E-state index in [0.29, 0.717) is 12.1 Å². The average Bonchev–Trinajstić information content (AvgIpc) is 2.76. The lowest BCUT2D eigenvalue weighted by atomic mass is 10.1. The zero-order valence-corrected chi connectivity index (χ0v) is 9.65. The van der Waals surface area contributed by atoms with Crippen LogP contribution in [0.25, 0.3) is 11.0 Å². The van der Waals surface area contributed by atoms with Crippen LogP contribution in [0, 0.1) is 5.82 Å². The summed E-state index contributed by atoms with van der Waals surface area (Å²) in [6, 6.07) is 12.1. The van der Waals surface area contributed by atoms with Gasteiger partial charge in [-0.1, -0.05) is 18.2 Å². The van der Waals surface area contributed by atoms with Crippen molar-refractivity contribution in [2.45, 2.75) is 6.42 Å². The van der Waals surface area contributed by atoms with E-state index < -0.39 is 0 Å². The second-order valence-corrected chi connectivity index (χ2v) is 4.23. The number of fused-ring (bicyclic) bond motifs is 1. The molecule has 4 heteroatoms. The van der Waals surface area contributed by atoms with Crippen molar-refractivity contribution in [3.63, 3.8) is 0 Å². The summed E-state index contributed by atoms with van der Waals surface area (Å²) in [6.07, 6.45) is 0.633. The van der Waals surface area contributed by atoms with E-state index in [1.54, 1.807) is 12.1 Å². The average molecular weight is 241 g/mol. The van der Waals surface area contributed by atoms with E-state index in [2.05, 4.69) is 9.97 Å². The van der Waals surface area contributed by atoms with Gasteiger partial charge in [0.1, 0.15) is 17.2 Å². The number of nitrogen functional groups attached to an aromatic ring is 1. The Labute approximate surface area is 103 Å². The van der Waals surface area contributed by atoms with Crippen LogP contribution in [0.2, 0.25) is 0 Å². The van der Waals surface area contributed by atoms with Gasteiger partial charge in [0.15, 0.2) is 0 Å². The normalized spacial score (nSPS) is 10.9. The molecule has 0 atom stereocenters. The molecule has 3 rings (SSSR count). The third-order valence-electron chi connectivity index (χ3n) is 2.88. The Morgan fingerprint density at radius 3 is 2.61 bits per heavy atom. The number of hydrogen-bond acceptors (Lipinski definition) is 2. The molecule has 3 nitrogen and oxygen atoms in total. The molecule has 0 radical (unpaired) electrons. The number of nitrogens with one attached hydrogen (secondary N) is 1. The smallest absolute Gasteiger partial charge is 0.123 e. The third kappa shape index (κ3) is 1.93. The zero-order chi connectivity index (χ0) is 12.5. The number of nitrogens with two attached hydrogens (primary N) is 1. The number of hydrogen-bond donors (Lipinski definition) is 2. The number of para-hydroxylation sites is 1. The molecular formula is C14H12FN3. The van der Waals surface area contributed by atoms with Gasteiger partial charge >= 0.3 is 0 Å². The number of nitrogens with zero attached hydrogens (tertiary/aromatic N) is 1. The number of H-pyrrole nitrogens is 1. The van der Waals surface area contributed by atoms with Gasteiger partial charge in [0.05, 0.1) is 11.2 Å². The summed E-state index contributed by atoms with van der Waals surface area (Å²) >= 11 is 0. The molecule has 0 bridgehead atoms. The van der Waals surface area contributed by atoms with Crippen LogP contribution in [0.4, 0.5) is 10.1 Å². The maximum Gasteiger partial charge on any atom is 0.123 e. The molecule has 0 aliphatic rings. The Morgan fingerprint density at radius 1 is 1.11 bits per heavy atom. The van der Waals surface area contributed by atoms with E-state index in [0.717, 1.165) is 22.4 Å². The number of aromatic amines is 1. The van der Waals surface area contributed by atoms with Crippen molar-refractivity contribution in [1.29, 1.82) is 0 Å². The molecule has 0 saturated heterocycles. The largest absolute Gasteiger partial charge is 0.397 e. The fourth-order valence-electron chi connectivity index (χ4n) is 1.98. The van der Waals surface area contributed by atoms with Gasteiger partial charge in [0, 0.05) is 6.42 Å². The topological polar surface area (TPSA) is 54.7 Å². The maximum absolute atomic E-state index is 12.8. The summed E-state index contributed by atoms with van der Waals surface area (Å²) in [5.41, 5.74) is 9.23. The summed E-state index contributed by atoms with van der Waals surface area (Å²) < 4.78 is 12.8. The molecule has 1 heterocycles. The van der Waals surface area contributed by atoms with Gasteiger partial charge < -0.3 is 10.7 Å². The van der Waals surface area contributed by atoms with Gasteiger partial charge in [-0.25, -0.2) is 9.37 Å². The summed E-state index contributed by atoms with van der Waals surface area (Å²) in [7, 11) is 0. The number of anilines is 1. The highest BCUT2D eigenvalue weighted by molar-refractivity contribution is 5.86. The quantitative estimate of drug-likeness (QED) is 0.678. The lowest BCUT2D eigenvalue weighted by molar-refractivity contribution is 0.627. The predicted octanol–water partition coefficient (Wildman–Crippen LogP) is 2.88. The number of halogens is 1. The molecule has 0 spiro atoms. The van der Waals surface area contributed by atoms with E-state index in [1.807, 2.05) is 18.2 Å². The van der Waals surface area contributed by atoms with Crippen molar-refractivity contribution < 1.29 is 4.39 Å². The molecule has 0 saturated carbocycles. The molecule has 1 aromatic heterocycles. The SMILES string of the molecule is Nc1cccc2[nH]c(Cc3ccc(F)cc3)nc12. The van der Waals surface area contributed by atoms with E-state index in [-0.39, 0.29) is 5.82 Å². The highest BCUT2D eigenvalue weighted by Crippen LogP contribution is 2.19. The van der Waals surface area contributed by atoms with Crippen LogP contribution in [0.15, 0.2) is 42.5 Å². The van der Waals surface area contributed by atoms with Crippen LogP contribution in [0.1, 0.15) is 11.4 Å². The summed E-state index contributed by atoms with van der Waals surface area (Å²) in [4.78, 5) is 7.67. The van der Waals surface area contributed by atoms with Gasteiger partial charge in [-0.05, 0) is 29.8 Å². The van der Waals surface area contributed by atoms with Gasteiger partial charge in [0.25, 0.3) is 0 Å². The molecule has 0 aliphatic heterocycles. The van der Waals surface area contributed by atoms with Crippen LogP contribution in [-0.4, -0.2) is 9.97 Å². The Morgan fingerprint density at radius 2 is 1.89 bits per heavy atom.